The molecule has 2 aromatic rings. The minimum Gasteiger partial charge on any atom is -0.444 e. The van der Waals surface area contributed by atoms with Gasteiger partial charge in [0, 0.05) is 5.69 Å². The van der Waals surface area contributed by atoms with Crippen LogP contribution in [-0.4, -0.2) is 30.7 Å². The fraction of sp³-hybridized carbons (Fsp3) is 0.417. The van der Waals surface area contributed by atoms with Crippen LogP contribution in [0, 0.1) is 0 Å². The lowest BCUT2D eigenvalue weighted by molar-refractivity contribution is -0.117. The quantitative estimate of drug-likeness (QED) is 0.696. The maximum Gasteiger partial charge on any atom is 0.412 e. The zero-order valence-corrected chi connectivity index (χ0v) is 18.2. The van der Waals surface area contributed by atoms with Crippen LogP contribution in [-0.2, 0) is 22.4 Å². The first-order valence-corrected chi connectivity index (χ1v) is 10.5. The number of carbonyl (C=O) groups is 2. The molecular weight excluding hydrogens is 378 g/mol. The largest absolute Gasteiger partial charge is 0.444 e. The van der Waals surface area contributed by atoms with Gasteiger partial charge in [-0.15, -0.1) is 0 Å². The highest BCUT2D eigenvalue weighted by molar-refractivity contribution is 6.04. The summed E-state index contributed by atoms with van der Waals surface area (Å²) in [5, 5.41) is 6.00. The second-order valence-corrected chi connectivity index (χ2v) is 8.51. The summed E-state index contributed by atoms with van der Waals surface area (Å²) in [5.74, 6) is -0.0199. The minimum absolute atomic E-state index is 0.0199. The van der Waals surface area contributed by atoms with Gasteiger partial charge in [-0.1, -0.05) is 31.2 Å². The van der Waals surface area contributed by atoms with Crippen molar-refractivity contribution < 1.29 is 14.3 Å². The van der Waals surface area contributed by atoms with E-state index in [1.165, 1.54) is 0 Å². The van der Waals surface area contributed by atoms with Crippen LogP contribution < -0.4 is 15.5 Å². The first-order valence-electron chi connectivity index (χ1n) is 10.5. The number of hydrogen-bond acceptors (Lipinski definition) is 4. The SMILES string of the molecule is CCCNCC(=O)N1c2ccccc2CCc2ccc(NC(=O)OC(C)(C)C)cc21. The van der Waals surface area contributed by atoms with Crippen molar-refractivity contribution in [2.24, 2.45) is 0 Å². The number of fused-ring (bicyclic) bond motifs is 2. The molecule has 0 fully saturated rings. The van der Waals surface area contributed by atoms with E-state index in [0.717, 1.165) is 48.3 Å². The normalized spacial score (nSPS) is 13.1. The van der Waals surface area contributed by atoms with Gasteiger partial charge in [0.2, 0.25) is 5.91 Å². The average molecular weight is 410 g/mol. The van der Waals surface area contributed by atoms with Crippen LogP contribution >= 0.6 is 0 Å². The van der Waals surface area contributed by atoms with E-state index in [2.05, 4.69) is 23.6 Å². The van der Waals surface area contributed by atoms with E-state index in [0.29, 0.717) is 5.69 Å². The van der Waals surface area contributed by atoms with Crippen molar-refractivity contribution in [3.05, 3.63) is 53.6 Å². The molecule has 0 unspecified atom stereocenters. The van der Waals surface area contributed by atoms with Gasteiger partial charge >= 0.3 is 6.09 Å². The van der Waals surface area contributed by atoms with Gasteiger partial charge in [-0.25, -0.2) is 4.79 Å². The van der Waals surface area contributed by atoms with Crippen LogP contribution in [0.15, 0.2) is 42.5 Å². The third-order valence-electron chi connectivity index (χ3n) is 4.82. The van der Waals surface area contributed by atoms with Crippen molar-refractivity contribution in [1.29, 1.82) is 0 Å². The Labute approximate surface area is 178 Å². The lowest BCUT2D eigenvalue weighted by Gasteiger charge is -2.26. The zero-order valence-electron chi connectivity index (χ0n) is 18.2. The van der Waals surface area contributed by atoms with Crippen LogP contribution in [0.4, 0.5) is 21.9 Å². The molecule has 3 rings (SSSR count). The van der Waals surface area contributed by atoms with Crippen LogP contribution in [0.5, 0.6) is 0 Å². The number of carbonyl (C=O) groups excluding carboxylic acids is 2. The molecule has 0 saturated heterocycles. The van der Waals surface area contributed by atoms with Gasteiger partial charge in [-0.05, 0) is 75.9 Å². The Balaban J connectivity index is 1.95. The molecule has 6 heteroatoms. The van der Waals surface area contributed by atoms with E-state index in [-0.39, 0.29) is 12.5 Å². The van der Waals surface area contributed by atoms with Crippen molar-refractivity contribution in [2.75, 3.05) is 23.3 Å². The van der Waals surface area contributed by atoms with Crippen LogP contribution in [0.1, 0.15) is 45.2 Å². The van der Waals surface area contributed by atoms with Crippen LogP contribution in [0.25, 0.3) is 0 Å². The molecule has 0 radical (unpaired) electrons. The number of ether oxygens (including phenoxy) is 1. The van der Waals surface area contributed by atoms with Crippen molar-refractivity contribution in [1.82, 2.24) is 5.32 Å². The molecule has 1 aliphatic heterocycles. The number of nitrogens with zero attached hydrogens (tertiary/aromatic N) is 1. The topological polar surface area (TPSA) is 70.7 Å². The van der Waals surface area contributed by atoms with Gasteiger partial charge in [0.05, 0.1) is 17.9 Å². The number of para-hydroxylation sites is 1. The maximum absolute atomic E-state index is 13.2. The molecule has 0 saturated carbocycles. The minimum atomic E-state index is -0.582. The number of anilines is 3. The summed E-state index contributed by atoms with van der Waals surface area (Å²) >= 11 is 0. The van der Waals surface area contributed by atoms with Crippen molar-refractivity contribution in [3.8, 4) is 0 Å². The lowest BCUT2D eigenvalue weighted by atomic mass is 10.0. The number of rotatable bonds is 5. The third kappa shape index (κ3) is 5.39. The monoisotopic (exact) mass is 409 g/mol. The summed E-state index contributed by atoms with van der Waals surface area (Å²) in [5.41, 5.74) is 3.93. The average Bonchev–Trinajstić information content (AvgIpc) is 2.83. The molecular formula is C24H31N3O3. The molecule has 1 aliphatic rings. The van der Waals surface area contributed by atoms with E-state index in [4.69, 9.17) is 4.74 Å². The molecule has 2 N–H and O–H groups in total. The van der Waals surface area contributed by atoms with Gasteiger partial charge < -0.3 is 10.1 Å². The summed E-state index contributed by atoms with van der Waals surface area (Å²) in [7, 11) is 0. The molecule has 2 amide bonds. The Kier molecular flexibility index (Phi) is 6.77. The number of nitrogens with one attached hydrogen (secondary N) is 2. The molecule has 30 heavy (non-hydrogen) atoms. The first-order chi connectivity index (χ1) is 14.3. The molecule has 0 spiro atoms. The predicted octanol–water partition coefficient (Wildman–Crippen LogP) is 4.80. The molecule has 0 atom stereocenters. The second-order valence-electron chi connectivity index (χ2n) is 8.51. The number of benzene rings is 2. The molecule has 0 aliphatic carbocycles. The van der Waals surface area contributed by atoms with Crippen LogP contribution in [0.3, 0.4) is 0 Å². The molecule has 1 heterocycles. The highest BCUT2D eigenvalue weighted by Crippen LogP contribution is 2.37. The van der Waals surface area contributed by atoms with Crippen molar-refractivity contribution >= 4 is 29.1 Å². The van der Waals surface area contributed by atoms with Gasteiger partial charge in [0.1, 0.15) is 5.60 Å². The second kappa shape index (κ2) is 9.30. The maximum atomic E-state index is 13.2. The summed E-state index contributed by atoms with van der Waals surface area (Å²) in [6, 6.07) is 13.7. The smallest absolute Gasteiger partial charge is 0.412 e. The molecule has 6 nitrogen and oxygen atoms in total. The zero-order chi connectivity index (χ0) is 21.7. The Morgan fingerprint density at radius 2 is 1.73 bits per heavy atom. The number of hydrogen-bond donors (Lipinski definition) is 2. The fourth-order valence-corrected chi connectivity index (χ4v) is 3.54. The van der Waals surface area contributed by atoms with Gasteiger partial charge in [-0.2, -0.15) is 0 Å². The third-order valence-corrected chi connectivity index (χ3v) is 4.82. The van der Waals surface area contributed by atoms with Gasteiger partial charge in [0.15, 0.2) is 0 Å². The number of aryl methyl sites for hydroxylation is 2. The Morgan fingerprint density at radius 1 is 1.03 bits per heavy atom. The van der Waals surface area contributed by atoms with Crippen LogP contribution in [0.2, 0.25) is 0 Å². The Morgan fingerprint density at radius 3 is 2.43 bits per heavy atom. The lowest BCUT2D eigenvalue weighted by Crippen LogP contribution is -2.36. The van der Waals surface area contributed by atoms with Gasteiger partial charge in [0.25, 0.3) is 0 Å². The fourth-order valence-electron chi connectivity index (χ4n) is 3.54. The van der Waals surface area contributed by atoms with E-state index in [1.54, 1.807) is 4.90 Å². The van der Waals surface area contributed by atoms with Crippen molar-refractivity contribution in [3.63, 3.8) is 0 Å². The highest BCUT2D eigenvalue weighted by Gasteiger charge is 2.26. The summed E-state index contributed by atoms with van der Waals surface area (Å²) < 4.78 is 5.37. The molecule has 160 valence electrons. The molecule has 0 bridgehead atoms. The number of amides is 2. The standard InChI is InChI=1S/C24H31N3O3/c1-5-14-25-16-22(28)27-20-9-7-6-8-17(20)10-11-18-12-13-19(15-21(18)27)26-23(29)30-24(2,3)4/h6-9,12-13,15,25H,5,10-11,14,16H2,1-4H3,(H,26,29). The van der Waals surface area contributed by atoms with Gasteiger partial charge in [-0.3, -0.25) is 15.0 Å². The molecule has 0 aromatic heterocycles. The predicted molar refractivity (Wildman–Crippen MR) is 120 cm³/mol. The summed E-state index contributed by atoms with van der Waals surface area (Å²) in [4.78, 5) is 27.2. The van der Waals surface area contributed by atoms with E-state index in [1.807, 2.05) is 57.2 Å². The molecule has 2 aromatic carbocycles. The highest BCUT2D eigenvalue weighted by atomic mass is 16.6. The van der Waals surface area contributed by atoms with Crippen molar-refractivity contribution in [2.45, 2.75) is 52.6 Å². The Hall–Kier alpha value is -2.86. The van der Waals surface area contributed by atoms with E-state index >= 15 is 0 Å². The summed E-state index contributed by atoms with van der Waals surface area (Å²) in [6.45, 7) is 8.58. The Bertz CT molecular complexity index is 918. The van der Waals surface area contributed by atoms with E-state index in [9.17, 15) is 9.59 Å². The summed E-state index contributed by atoms with van der Waals surface area (Å²) in [6.07, 6.45) is 2.13. The van der Waals surface area contributed by atoms with E-state index < -0.39 is 11.7 Å². The first kappa shape index (κ1) is 21.8.